The van der Waals surface area contributed by atoms with Crippen molar-refractivity contribution in [1.82, 2.24) is 4.57 Å². The van der Waals surface area contributed by atoms with Crippen LogP contribution in [-0.2, 0) is 26.8 Å². The minimum Gasteiger partial charge on any atom is -0.494 e. The van der Waals surface area contributed by atoms with Gasteiger partial charge in [0.1, 0.15) is 16.1 Å². The number of primary amides is 1. The van der Waals surface area contributed by atoms with Gasteiger partial charge in [-0.2, -0.15) is 16.8 Å². The number of aryl methyl sites for hydroxylation is 1. The largest absolute Gasteiger partial charge is 0.494 e. The Labute approximate surface area is 176 Å². The van der Waals surface area contributed by atoms with Gasteiger partial charge in [-0.05, 0) is 38.5 Å². The van der Waals surface area contributed by atoms with Crippen LogP contribution < -0.4 is 11.3 Å². The maximum Gasteiger partial charge on any atom is 0.296 e. The molecule has 0 radical (unpaired) electrons. The molecule has 1 amide bonds. The zero-order valence-electron chi connectivity index (χ0n) is 16.4. The highest BCUT2D eigenvalue weighted by Crippen LogP contribution is 2.32. The highest BCUT2D eigenvalue weighted by Gasteiger charge is 2.25. The van der Waals surface area contributed by atoms with Crippen molar-refractivity contribution < 1.29 is 35.8 Å². The van der Waals surface area contributed by atoms with Gasteiger partial charge in [-0.15, -0.1) is 10.2 Å². The van der Waals surface area contributed by atoms with E-state index in [2.05, 4.69) is 10.2 Å². The van der Waals surface area contributed by atoms with Crippen molar-refractivity contribution in [3.63, 3.8) is 0 Å². The van der Waals surface area contributed by atoms with Crippen LogP contribution in [0.5, 0.6) is 5.88 Å². The number of azo groups is 1. The van der Waals surface area contributed by atoms with E-state index in [9.17, 15) is 40.6 Å². The number of aromatic hydroxyl groups is 1. The Morgan fingerprint density at radius 2 is 1.61 bits per heavy atom. The van der Waals surface area contributed by atoms with Gasteiger partial charge in [0.05, 0.1) is 4.90 Å². The van der Waals surface area contributed by atoms with Gasteiger partial charge in [0, 0.05) is 12.1 Å². The van der Waals surface area contributed by atoms with Crippen molar-refractivity contribution in [1.29, 1.82) is 0 Å². The lowest BCUT2D eigenvalue weighted by atomic mass is 10.1. The van der Waals surface area contributed by atoms with Crippen LogP contribution in [-0.4, -0.2) is 41.5 Å². The first-order valence-corrected chi connectivity index (χ1v) is 11.3. The summed E-state index contributed by atoms with van der Waals surface area (Å²) in [6.07, 6.45) is 0. The molecule has 0 saturated carbocycles. The van der Waals surface area contributed by atoms with Gasteiger partial charge in [0.15, 0.2) is 5.69 Å². The standard InChI is InChI=1S/C16H18N4O9S2/c1-4-20-15(22)12(14(17)21)8(3)13(16(20)23)19-18-9-5-7(2)10(30(24,25)26)6-11(9)31(27,28)29/h5-6,22H,4H2,1-3H3,(H2,17,21)(H,24,25,26)(H,27,28,29). The summed E-state index contributed by atoms with van der Waals surface area (Å²) in [5.41, 5.74) is 2.70. The van der Waals surface area contributed by atoms with E-state index in [0.29, 0.717) is 6.07 Å². The number of aromatic nitrogens is 1. The molecule has 31 heavy (non-hydrogen) atoms. The van der Waals surface area contributed by atoms with E-state index in [-0.39, 0.29) is 17.7 Å². The number of amides is 1. The highest BCUT2D eigenvalue weighted by molar-refractivity contribution is 7.86. The quantitative estimate of drug-likeness (QED) is 0.348. The van der Waals surface area contributed by atoms with E-state index in [0.717, 1.165) is 10.6 Å². The first-order chi connectivity index (χ1) is 14.1. The summed E-state index contributed by atoms with van der Waals surface area (Å²) in [5, 5.41) is 17.4. The van der Waals surface area contributed by atoms with Crippen molar-refractivity contribution >= 4 is 37.5 Å². The predicted octanol–water partition coefficient (Wildman–Crippen LogP) is 1.20. The number of nitrogens with two attached hydrogens (primary N) is 1. The predicted molar refractivity (Wildman–Crippen MR) is 106 cm³/mol. The van der Waals surface area contributed by atoms with Gasteiger partial charge in [0.25, 0.3) is 31.7 Å². The van der Waals surface area contributed by atoms with Crippen molar-refractivity contribution in [2.75, 3.05) is 0 Å². The summed E-state index contributed by atoms with van der Waals surface area (Å²) < 4.78 is 65.7. The third-order valence-electron chi connectivity index (χ3n) is 4.29. The molecule has 2 aromatic rings. The fourth-order valence-electron chi connectivity index (χ4n) is 2.83. The fraction of sp³-hybridized carbons (Fsp3) is 0.250. The third kappa shape index (κ3) is 4.63. The average Bonchev–Trinajstić information content (AvgIpc) is 2.59. The molecule has 2 rings (SSSR count). The monoisotopic (exact) mass is 474 g/mol. The Hall–Kier alpha value is -3.14. The number of carbonyl (C=O) groups excluding carboxylic acids is 1. The SMILES string of the molecule is CCn1c(O)c(C(N)=O)c(C)c(N=Nc2cc(C)c(S(=O)(=O)O)cc2S(=O)(=O)O)c1=O. The smallest absolute Gasteiger partial charge is 0.296 e. The molecule has 0 fully saturated rings. The van der Waals surface area contributed by atoms with E-state index < -0.39 is 64.3 Å². The number of carbonyl (C=O) groups is 1. The normalized spacial score (nSPS) is 12.4. The molecule has 0 unspecified atom stereocenters. The summed E-state index contributed by atoms with van der Waals surface area (Å²) >= 11 is 0. The molecule has 1 aromatic carbocycles. The number of hydrogen-bond donors (Lipinski definition) is 4. The number of benzene rings is 1. The molecular weight excluding hydrogens is 456 g/mol. The van der Waals surface area contributed by atoms with Crippen LogP contribution in [0.2, 0.25) is 0 Å². The van der Waals surface area contributed by atoms with Crippen LogP contribution in [0.25, 0.3) is 0 Å². The Morgan fingerprint density at radius 1 is 1.06 bits per heavy atom. The first kappa shape index (κ1) is 24.1. The Kier molecular flexibility index (Phi) is 6.37. The molecule has 15 heteroatoms. The maximum absolute atomic E-state index is 12.6. The average molecular weight is 474 g/mol. The van der Waals surface area contributed by atoms with Gasteiger partial charge in [-0.3, -0.25) is 23.3 Å². The number of nitrogens with zero attached hydrogens (tertiary/aromatic N) is 3. The molecular formula is C16H18N4O9S2. The Balaban J connectivity index is 2.85. The van der Waals surface area contributed by atoms with E-state index in [1.165, 1.54) is 20.8 Å². The lowest BCUT2D eigenvalue weighted by Gasteiger charge is -2.13. The highest BCUT2D eigenvalue weighted by atomic mass is 32.2. The molecule has 0 aliphatic heterocycles. The Bertz CT molecular complexity index is 1390. The second-order valence-corrected chi connectivity index (χ2v) is 9.10. The van der Waals surface area contributed by atoms with Gasteiger partial charge >= 0.3 is 0 Å². The van der Waals surface area contributed by atoms with E-state index in [4.69, 9.17) is 5.73 Å². The minimum absolute atomic E-state index is 0.0633. The van der Waals surface area contributed by atoms with Crippen molar-refractivity contribution in [2.24, 2.45) is 16.0 Å². The minimum atomic E-state index is -5.03. The summed E-state index contributed by atoms with van der Waals surface area (Å²) in [5.74, 6) is -1.73. The second kappa shape index (κ2) is 8.18. The lowest BCUT2D eigenvalue weighted by molar-refractivity contribution is 0.0995. The molecule has 1 aromatic heterocycles. The van der Waals surface area contributed by atoms with Gasteiger partial charge in [0.2, 0.25) is 5.88 Å². The van der Waals surface area contributed by atoms with Crippen LogP contribution >= 0.6 is 0 Å². The van der Waals surface area contributed by atoms with Crippen LogP contribution in [0.15, 0.2) is 36.9 Å². The molecule has 168 valence electrons. The molecule has 1 heterocycles. The summed E-state index contributed by atoms with van der Waals surface area (Å²) in [6, 6.07) is 1.38. The maximum atomic E-state index is 12.6. The fourth-order valence-corrected chi connectivity index (χ4v) is 4.27. The molecule has 0 spiro atoms. The van der Waals surface area contributed by atoms with E-state index >= 15 is 0 Å². The first-order valence-electron chi connectivity index (χ1n) is 8.38. The van der Waals surface area contributed by atoms with Crippen molar-refractivity contribution in [2.45, 2.75) is 37.1 Å². The topological polar surface area (TPSA) is 219 Å². The molecule has 5 N–H and O–H groups in total. The van der Waals surface area contributed by atoms with Gasteiger partial charge in [-0.25, -0.2) is 0 Å². The second-order valence-electron chi connectivity index (χ2n) is 6.32. The van der Waals surface area contributed by atoms with Gasteiger partial charge < -0.3 is 10.8 Å². The number of pyridine rings is 1. The molecule has 0 bridgehead atoms. The van der Waals surface area contributed by atoms with Gasteiger partial charge in [-0.1, -0.05) is 0 Å². The molecule has 0 aliphatic rings. The zero-order valence-corrected chi connectivity index (χ0v) is 18.0. The lowest BCUT2D eigenvalue weighted by Crippen LogP contribution is -2.25. The summed E-state index contributed by atoms with van der Waals surface area (Å²) in [7, 11) is -9.85. The zero-order chi connectivity index (χ0) is 23.9. The van der Waals surface area contributed by atoms with Crippen LogP contribution in [0.3, 0.4) is 0 Å². The van der Waals surface area contributed by atoms with Crippen LogP contribution in [0.4, 0.5) is 11.4 Å². The molecule has 0 aliphatic carbocycles. The molecule has 0 saturated heterocycles. The van der Waals surface area contributed by atoms with E-state index in [1.807, 2.05) is 0 Å². The van der Waals surface area contributed by atoms with Crippen molar-refractivity contribution in [3.8, 4) is 5.88 Å². The summed E-state index contributed by atoms with van der Waals surface area (Å²) in [6.45, 7) is 3.91. The molecule has 13 nitrogen and oxygen atoms in total. The Morgan fingerprint density at radius 3 is 2.06 bits per heavy atom. The third-order valence-corrected chi connectivity index (χ3v) is 6.17. The summed E-state index contributed by atoms with van der Waals surface area (Å²) in [4.78, 5) is 22.5. The van der Waals surface area contributed by atoms with E-state index in [1.54, 1.807) is 0 Å². The number of rotatable bonds is 6. The number of hydrogen-bond acceptors (Lipinski definition) is 9. The molecule has 0 atom stereocenters. The van der Waals surface area contributed by atoms with Crippen LogP contribution in [0.1, 0.15) is 28.4 Å². The van der Waals surface area contributed by atoms with Crippen LogP contribution in [0, 0.1) is 13.8 Å². The van der Waals surface area contributed by atoms with Crippen molar-refractivity contribution in [3.05, 3.63) is 39.2 Å².